The maximum Gasteiger partial charge on any atom is 0.229 e. The summed E-state index contributed by atoms with van der Waals surface area (Å²) >= 11 is 1.47. The SMILES string of the molecule is COc1ccc(-c2csc(NC(=O)C3CCC3)n2)cc1C. The number of ether oxygens (including phenoxy) is 1. The monoisotopic (exact) mass is 302 g/mol. The number of anilines is 1. The molecule has 0 aliphatic heterocycles. The Labute approximate surface area is 128 Å². The quantitative estimate of drug-likeness (QED) is 0.933. The number of benzene rings is 1. The summed E-state index contributed by atoms with van der Waals surface area (Å²) in [4.78, 5) is 16.4. The van der Waals surface area contributed by atoms with Crippen molar-refractivity contribution < 1.29 is 9.53 Å². The lowest BCUT2D eigenvalue weighted by molar-refractivity contribution is -0.122. The summed E-state index contributed by atoms with van der Waals surface area (Å²) < 4.78 is 5.26. The van der Waals surface area contributed by atoms with Crippen molar-refractivity contribution in [1.29, 1.82) is 0 Å². The third-order valence-corrected chi connectivity index (χ3v) is 4.66. The number of carbonyl (C=O) groups excluding carboxylic acids is 1. The van der Waals surface area contributed by atoms with E-state index in [2.05, 4.69) is 10.3 Å². The van der Waals surface area contributed by atoms with Gasteiger partial charge < -0.3 is 10.1 Å². The van der Waals surface area contributed by atoms with E-state index in [1.54, 1.807) is 7.11 Å². The lowest BCUT2D eigenvalue weighted by Gasteiger charge is -2.23. The van der Waals surface area contributed by atoms with E-state index >= 15 is 0 Å². The average Bonchev–Trinajstić information content (AvgIpc) is 2.85. The lowest BCUT2D eigenvalue weighted by Crippen LogP contribution is -2.27. The molecule has 1 N–H and O–H groups in total. The number of aromatic nitrogens is 1. The molecule has 110 valence electrons. The summed E-state index contributed by atoms with van der Waals surface area (Å²) in [5.74, 6) is 1.15. The first-order valence-corrected chi connectivity index (χ1v) is 7.97. The minimum absolute atomic E-state index is 0.105. The van der Waals surface area contributed by atoms with Gasteiger partial charge in [0.05, 0.1) is 12.8 Å². The van der Waals surface area contributed by atoms with Crippen molar-refractivity contribution in [3.05, 3.63) is 29.1 Å². The van der Waals surface area contributed by atoms with Crippen molar-refractivity contribution in [3.8, 4) is 17.0 Å². The van der Waals surface area contributed by atoms with Crippen LogP contribution in [0.15, 0.2) is 23.6 Å². The van der Waals surface area contributed by atoms with E-state index in [0.717, 1.165) is 41.8 Å². The number of hydrogen-bond acceptors (Lipinski definition) is 4. The van der Waals surface area contributed by atoms with Gasteiger partial charge in [0.1, 0.15) is 5.75 Å². The van der Waals surface area contributed by atoms with Crippen molar-refractivity contribution in [2.24, 2.45) is 5.92 Å². The van der Waals surface area contributed by atoms with Gasteiger partial charge in [-0.1, -0.05) is 6.42 Å². The smallest absolute Gasteiger partial charge is 0.229 e. The second kappa shape index (κ2) is 5.85. The molecule has 1 aromatic carbocycles. The van der Waals surface area contributed by atoms with Gasteiger partial charge in [-0.25, -0.2) is 4.98 Å². The van der Waals surface area contributed by atoms with Crippen LogP contribution in [0, 0.1) is 12.8 Å². The molecular weight excluding hydrogens is 284 g/mol. The standard InChI is InChI=1S/C16H18N2O2S/c1-10-8-12(6-7-14(10)20-2)13-9-21-16(17-13)18-15(19)11-4-3-5-11/h6-9,11H,3-5H2,1-2H3,(H,17,18,19). The largest absolute Gasteiger partial charge is 0.496 e. The van der Waals surface area contributed by atoms with Crippen LogP contribution in [0.5, 0.6) is 5.75 Å². The molecular formula is C16H18N2O2S. The van der Waals surface area contributed by atoms with Gasteiger partial charge >= 0.3 is 0 Å². The van der Waals surface area contributed by atoms with E-state index in [1.165, 1.54) is 11.3 Å². The molecule has 1 fully saturated rings. The number of hydrogen-bond donors (Lipinski definition) is 1. The van der Waals surface area contributed by atoms with Crippen molar-refractivity contribution >= 4 is 22.4 Å². The summed E-state index contributed by atoms with van der Waals surface area (Å²) in [6, 6.07) is 5.97. The zero-order valence-corrected chi connectivity index (χ0v) is 13.0. The highest BCUT2D eigenvalue weighted by molar-refractivity contribution is 7.14. The Bertz CT molecular complexity index is 662. The van der Waals surface area contributed by atoms with E-state index in [0.29, 0.717) is 5.13 Å². The van der Waals surface area contributed by atoms with Gasteiger partial charge in [-0.3, -0.25) is 4.79 Å². The molecule has 1 aromatic heterocycles. The fraction of sp³-hybridized carbons (Fsp3) is 0.375. The van der Waals surface area contributed by atoms with Crippen molar-refractivity contribution in [1.82, 2.24) is 4.98 Å². The molecule has 0 unspecified atom stereocenters. The highest BCUT2D eigenvalue weighted by atomic mass is 32.1. The summed E-state index contributed by atoms with van der Waals surface area (Å²) in [5, 5.41) is 5.56. The second-order valence-electron chi connectivity index (χ2n) is 5.34. The molecule has 2 aromatic rings. The topological polar surface area (TPSA) is 51.2 Å². The van der Waals surface area contributed by atoms with Crippen LogP contribution in [0.3, 0.4) is 0 Å². The van der Waals surface area contributed by atoms with Gasteiger partial charge in [0.15, 0.2) is 5.13 Å². The van der Waals surface area contributed by atoms with Gasteiger partial charge in [-0.15, -0.1) is 11.3 Å². The molecule has 1 heterocycles. The molecule has 0 bridgehead atoms. The minimum atomic E-state index is 0.105. The van der Waals surface area contributed by atoms with E-state index in [1.807, 2.05) is 30.5 Å². The van der Waals surface area contributed by atoms with E-state index in [9.17, 15) is 4.79 Å². The molecule has 0 spiro atoms. The molecule has 0 saturated heterocycles. The van der Waals surface area contributed by atoms with E-state index in [4.69, 9.17) is 4.74 Å². The first-order valence-electron chi connectivity index (χ1n) is 7.09. The molecule has 21 heavy (non-hydrogen) atoms. The van der Waals surface area contributed by atoms with Gasteiger partial charge in [-0.05, 0) is 43.5 Å². The predicted molar refractivity (Wildman–Crippen MR) is 84.8 cm³/mol. The van der Waals surface area contributed by atoms with Crippen molar-refractivity contribution in [2.45, 2.75) is 26.2 Å². The number of carbonyl (C=O) groups is 1. The van der Waals surface area contributed by atoms with E-state index < -0.39 is 0 Å². The molecule has 1 aliphatic rings. The molecule has 4 nitrogen and oxygen atoms in total. The molecule has 5 heteroatoms. The third kappa shape index (κ3) is 2.93. The lowest BCUT2D eigenvalue weighted by atomic mass is 9.85. The van der Waals surface area contributed by atoms with Crippen LogP contribution >= 0.6 is 11.3 Å². The average molecular weight is 302 g/mol. The number of amides is 1. The summed E-state index contributed by atoms with van der Waals surface area (Å²) in [6.07, 6.45) is 3.16. The Kier molecular flexibility index (Phi) is 3.92. The summed E-state index contributed by atoms with van der Waals surface area (Å²) in [7, 11) is 1.67. The van der Waals surface area contributed by atoms with Gasteiger partial charge in [-0.2, -0.15) is 0 Å². The normalized spacial score (nSPS) is 14.6. The Balaban J connectivity index is 1.74. The highest BCUT2D eigenvalue weighted by Crippen LogP contribution is 2.31. The minimum Gasteiger partial charge on any atom is -0.496 e. The van der Waals surface area contributed by atoms with Crippen LogP contribution in [0.1, 0.15) is 24.8 Å². The Morgan fingerprint density at radius 3 is 2.86 bits per heavy atom. The zero-order chi connectivity index (χ0) is 14.8. The molecule has 1 aliphatic carbocycles. The first kappa shape index (κ1) is 14.1. The van der Waals surface area contributed by atoms with Crippen LogP contribution in [0.4, 0.5) is 5.13 Å². The predicted octanol–water partition coefficient (Wildman–Crippen LogP) is 3.87. The van der Waals surface area contributed by atoms with Gasteiger partial charge in [0, 0.05) is 16.9 Å². The summed E-state index contributed by atoms with van der Waals surface area (Å²) in [6.45, 7) is 2.01. The molecule has 1 amide bonds. The van der Waals surface area contributed by atoms with Crippen LogP contribution in [-0.2, 0) is 4.79 Å². The fourth-order valence-electron chi connectivity index (χ4n) is 2.38. The Hall–Kier alpha value is -1.88. The third-order valence-electron chi connectivity index (χ3n) is 3.90. The van der Waals surface area contributed by atoms with Gasteiger partial charge in [0.2, 0.25) is 5.91 Å². The maximum absolute atomic E-state index is 11.9. The Morgan fingerprint density at radius 2 is 2.24 bits per heavy atom. The van der Waals surface area contributed by atoms with Crippen LogP contribution in [0.2, 0.25) is 0 Å². The zero-order valence-electron chi connectivity index (χ0n) is 12.2. The molecule has 1 saturated carbocycles. The van der Waals surface area contributed by atoms with Crippen LogP contribution < -0.4 is 10.1 Å². The molecule has 3 rings (SSSR count). The van der Waals surface area contributed by atoms with Crippen molar-refractivity contribution in [2.75, 3.05) is 12.4 Å². The Morgan fingerprint density at radius 1 is 1.43 bits per heavy atom. The molecule has 0 radical (unpaired) electrons. The second-order valence-corrected chi connectivity index (χ2v) is 6.20. The van der Waals surface area contributed by atoms with Crippen molar-refractivity contribution in [3.63, 3.8) is 0 Å². The van der Waals surface area contributed by atoms with Gasteiger partial charge in [0.25, 0.3) is 0 Å². The number of nitrogens with one attached hydrogen (secondary N) is 1. The fourth-order valence-corrected chi connectivity index (χ4v) is 3.10. The first-order chi connectivity index (χ1) is 10.2. The van der Waals surface area contributed by atoms with Crippen LogP contribution in [-0.4, -0.2) is 18.0 Å². The highest BCUT2D eigenvalue weighted by Gasteiger charge is 2.25. The number of aryl methyl sites for hydroxylation is 1. The van der Waals surface area contributed by atoms with Crippen LogP contribution in [0.25, 0.3) is 11.3 Å². The summed E-state index contributed by atoms with van der Waals surface area (Å²) in [5.41, 5.74) is 2.99. The number of rotatable bonds is 4. The molecule has 0 atom stereocenters. The maximum atomic E-state index is 11.9. The van der Waals surface area contributed by atoms with E-state index in [-0.39, 0.29) is 11.8 Å². The number of methoxy groups -OCH3 is 1. The number of nitrogens with zero attached hydrogens (tertiary/aromatic N) is 1. The number of thiazole rings is 1.